The van der Waals surface area contributed by atoms with Crippen LogP contribution in [0.25, 0.3) is 0 Å². The molecule has 0 atom stereocenters. The van der Waals surface area contributed by atoms with Crippen LogP contribution < -0.4 is 0 Å². The minimum absolute atomic E-state index is 0.521. The number of hydrogen-bond donors (Lipinski definition) is 0. The van der Waals surface area contributed by atoms with Crippen molar-refractivity contribution in [3.63, 3.8) is 0 Å². The third kappa shape index (κ3) is 2.06. The molecule has 0 aliphatic rings. The lowest BCUT2D eigenvalue weighted by atomic mass is 10.3. The molecule has 1 aromatic rings. The van der Waals surface area contributed by atoms with Crippen LogP contribution in [0, 0.1) is 10.7 Å². The summed E-state index contributed by atoms with van der Waals surface area (Å²) in [5, 5.41) is 10.7. The Balaban J connectivity index is 2.84. The van der Waals surface area contributed by atoms with Crippen LogP contribution in [0.3, 0.4) is 0 Å². The zero-order valence-electron chi connectivity index (χ0n) is 5.52. The highest BCUT2D eigenvalue weighted by Crippen LogP contribution is 2.12. The van der Waals surface area contributed by atoms with E-state index in [-0.39, 0.29) is 0 Å². The lowest BCUT2D eigenvalue weighted by molar-refractivity contribution is 0.112. The Bertz CT molecular complexity index is 288. The van der Waals surface area contributed by atoms with Crippen LogP contribution in [-0.2, 0) is 0 Å². The molecule has 1 heterocycles. The molecule has 54 valence electrons. The quantitative estimate of drug-likeness (QED) is 0.377. The van der Waals surface area contributed by atoms with Gasteiger partial charge in [-0.15, -0.1) is 0 Å². The fourth-order valence-corrected chi connectivity index (χ4v) is 0.904. The van der Waals surface area contributed by atoms with Gasteiger partial charge in [-0.25, -0.2) is 4.98 Å². The molecule has 11 heavy (non-hydrogen) atoms. The number of thioether (sulfide) groups is 1. The maximum absolute atomic E-state index is 10.2. The van der Waals surface area contributed by atoms with Gasteiger partial charge >= 0.3 is 0 Å². The highest BCUT2D eigenvalue weighted by molar-refractivity contribution is 8.03. The molecule has 0 unspecified atom stereocenters. The van der Waals surface area contributed by atoms with Crippen molar-refractivity contribution in [3.8, 4) is 5.40 Å². The third-order valence-electron chi connectivity index (χ3n) is 1.05. The van der Waals surface area contributed by atoms with Gasteiger partial charge < -0.3 is 0 Å². The van der Waals surface area contributed by atoms with Crippen LogP contribution in [0.4, 0.5) is 0 Å². The average molecular weight is 164 g/mol. The fourth-order valence-electron chi connectivity index (χ4n) is 0.569. The monoisotopic (exact) mass is 164 g/mol. The van der Waals surface area contributed by atoms with Crippen molar-refractivity contribution in [3.05, 3.63) is 23.9 Å². The minimum Gasteiger partial charge on any atom is -0.298 e. The summed E-state index contributed by atoms with van der Waals surface area (Å²) in [5.41, 5.74) is 0.521. The van der Waals surface area contributed by atoms with E-state index in [0.717, 1.165) is 11.8 Å². The van der Waals surface area contributed by atoms with Gasteiger partial charge in [0.05, 0.1) is 0 Å². The second-order valence-corrected chi connectivity index (χ2v) is 2.55. The molecule has 0 bridgehead atoms. The molecule has 0 saturated heterocycles. The van der Waals surface area contributed by atoms with E-state index in [0.29, 0.717) is 16.9 Å². The second-order valence-electron chi connectivity index (χ2n) is 1.74. The number of aldehydes is 1. The Morgan fingerprint density at radius 1 is 1.64 bits per heavy atom. The van der Waals surface area contributed by atoms with Crippen LogP contribution in [0.5, 0.6) is 0 Å². The second kappa shape index (κ2) is 3.74. The van der Waals surface area contributed by atoms with E-state index in [2.05, 4.69) is 4.98 Å². The van der Waals surface area contributed by atoms with Gasteiger partial charge in [-0.1, -0.05) is 0 Å². The van der Waals surface area contributed by atoms with E-state index in [1.54, 1.807) is 12.1 Å². The van der Waals surface area contributed by atoms with Crippen molar-refractivity contribution in [1.29, 1.82) is 5.26 Å². The van der Waals surface area contributed by atoms with Crippen molar-refractivity contribution in [1.82, 2.24) is 4.98 Å². The van der Waals surface area contributed by atoms with Crippen molar-refractivity contribution in [2.45, 2.75) is 5.03 Å². The molecule has 0 amide bonds. The number of hydrogen-bond acceptors (Lipinski definition) is 4. The molecule has 1 aromatic heterocycles. The Labute approximate surface area is 68.1 Å². The zero-order valence-corrected chi connectivity index (χ0v) is 6.34. The number of thiocyanates is 1. The maximum Gasteiger partial charge on any atom is 0.151 e. The van der Waals surface area contributed by atoms with Gasteiger partial charge in [-0.05, 0) is 12.1 Å². The summed E-state index contributed by atoms with van der Waals surface area (Å²) in [7, 11) is 0. The topological polar surface area (TPSA) is 53.8 Å². The van der Waals surface area contributed by atoms with Gasteiger partial charge in [0.2, 0.25) is 0 Å². The summed E-state index contributed by atoms with van der Waals surface area (Å²) in [4.78, 5) is 14.0. The first-order valence-electron chi connectivity index (χ1n) is 2.84. The van der Waals surface area contributed by atoms with Crippen LogP contribution in [0.2, 0.25) is 0 Å². The number of pyridine rings is 1. The molecule has 0 saturated carbocycles. The first-order chi connectivity index (χ1) is 5.36. The first kappa shape index (κ1) is 7.76. The molecule has 0 spiro atoms. The van der Waals surface area contributed by atoms with E-state index >= 15 is 0 Å². The molecule has 0 N–H and O–H groups in total. The minimum atomic E-state index is 0.521. The third-order valence-corrected chi connectivity index (χ3v) is 1.59. The number of carbonyl (C=O) groups excluding carboxylic acids is 1. The largest absolute Gasteiger partial charge is 0.298 e. The van der Waals surface area contributed by atoms with E-state index in [1.807, 2.05) is 5.40 Å². The molecule has 0 aliphatic heterocycles. The Morgan fingerprint density at radius 3 is 2.91 bits per heavy atom. The van der Waals surface area contributed by atoms with E-state index in [9.17, 15) is 4.79 Å². The van der Waals surface area contributed by atoms with Gasteiger partial charge in [-0.3, -0.25) is 4.79 Å². The number of rotatable bonds is 2. The van der Waals surface area contributed by atoms with Gasteiger partial charge in [0.1, 0.15) is 10.4 Å². The Morgan fingerprint density at radius 2 is 2.45 bits per heavy atom. The summed E-state index contributed by atoms with van der Waals surface area (Å²) in [5.74, 6) is 0. The Kier molecular flexibility index (Phi) is 2.64. The SMILES string of the molecule is N#CSc1ccc(C=O)cn1. The number of aromatic nitrogens is 1. The number of nitriles is 1. The lowest BCUT2D eigenvalue weighted by Gasteiger charge is -1.90. The predicted molar refractivity (Wildman–Crippen MR) is 41.1 cm³/mol. The summed E-state index contributed by atoms with van der Waals surface area (Å²) in [6, 6.07) is 3.26. The van der Waals surface area contributed by atoms with Crippen molar-refractivity contribution >= 4 is 18.0 Å². The molecule has 0 fully saturated rings. The molecule has 0 aliphatic carbocycles. The Hall–Kier alpha value is -1.34. The van der Waals surface area contributed by atoms with Gasteiger partial charge in [0.25, 0.3) is 0 Å². The maximum atomic E-state index is 10.2. The fraction of sp³-hybridized carbons (Fsp3) is 0. The van der Waals surface area contributed by atoms with Gasteiger partial charge in [0, 0.05) is 23.5 Å². The molecule has 1 rings (SSSR count). The smallest absolute Gasteiger partial charge is 0.151 e. The van der Waals surface area contributed by atoms with Crippen molar-refractivity contribution in [2.75, 3.05) is 0 Å². The summed E-state index contributed by atoms with van der Waals surface area (Å²) in [6.45, 7) is 0. The van der Waals surface area contributed by atoms with Crippen LogP contribution >= 0.6 is 11.8 Å². The molecule has 4 heteroatoms. The molecule has 3 nitrogen and oxygen atoms in total. The highest BCUT2D eigenvalue weighted by atomic mass is 32.2. The van der Waals surface area contributed by atoms with Crippen LogP contribution in [0.15, 0.2) is 23.4 Å². The van der Waals surface area contributed by atoms with Crippen molar-refractivity contribution < 1.29 is 4.79 Å². The molecule has 0 radical (unpaired) electrons. The zero-order chi connectivity index (χ0) is 8.10. The summed E-state index contributed by atoms with van der Waals surface area (Å²) >= 11 is 0.973. The van der Waals surface area contributed by atoms with E-state index in [4.69, 9.17) is 5.26 Å². The van der Waals surface area contributed by atoms with Gasteiger partial charge in [-0.2, -0.15) is 5.26 Å². The predicted octanol–water partition coefficient (Wildman–Crippen LogP) is 1.47. The first-order valence-corrected chi connectivity index (χ1v) is 3.65. The standard InChI is InChI=1S/C7H4N2OS/c8-5-11-7-2-1-6(4-10)3-9-7/h1-4H. The van der Waals surface area contributed by atoms with E-state index < -0.39 is 0 Å². The van der Waals surface area contributed by atoms with Gasteiger partial charge in [0.15, 0.2) is 6.29 Å². The van der Waals surface area contributed by atoms with Crippen LogP contribution in [0.1, 0.15) is 10.4 Å². The summed E-state index contributed by atoms with van der Waals surface area (Å²) in [6.07, 6.45) is 2.15. The molecular weight excluding hydrogens is 160 g/mol. The average Bonchev–Trinajstić information content (AvgIpc) is 2.07. The molecule has 0 aromatic carbocycles. The molecular formula is C7H4N2OS. The number of nitrogens with zero attached hydrogens (tertiary/aromatic N) is 2. The van der Waals surface area contributed by atoms with E-state index in [1.165, 1.54) is 6.20 Å². The summed E-state index contributed by atoms with van der Waals surface area (Å²) < 4.78 is 0. The van der Waals surface area contributed by atoms with Crippen molar-refractivity contribution in [2.24, 2.45) is 0 Å². The highest BCUT2D eigenvalue weighted by Gasteiger charge is 1.93. The number of carbonyl (C=O) groups is 1. The normalized spacial score (nSPS) is 8.64. The van der Waals surface area contributed by atoms with Crippen LogP contribution in [-0.4, -0.2) is 11.3 Å². The lowest BCUT2D eigenvalue weighted by Crippen LogP contribution is -1.82.